The standard InChI is InChI=1S/C35H33N5O5S2/c1-45-31-10-6-5-9-30(31)39-19-21-40(22-20-39)33(41)24-36-28-15-17-29(18-16-28)47(43,44)38-35-37-34(42)32(46-35)23-25-11-13-27(14-12-25)26-7-3-2-4-8-26/h2-18,23,36H,19-22,24H2,1H3,(H,37,38,42)/b32-23-. The molecule has 0 saturated carbocycles. The number of methoxy groups -OCH3 is 1. The van der Waals surface area contributed by atoms with Gasteiger partial charge in [-0.15, -0.1) is 4.40 Å². The van der Waals surface area contributed by atoms with Gasteiger partial charge in [0.25, 0.3) is 15.9 Å². The maximum absolute atomic E-state index is 13.0. The molecular formula is C35H33N5O5S2. The van der Waals surface area contributed by atoms with Gasteiger partial charge >= 0.3 is 0 Å². The zero-order chi connectivity index (χ0) is 32.8. The predicted molar refractivity (Wildman–Crippen MR) is 187 cm³/mol. The Balaban J connectivity index is 1.02. The zero-order valence-corrected chi connectivity index (χ0v) is 27.3. The zero-order valence-electron chi connectivity index (χ0n) is 25.6. The van der Waals surface area contributed by atoms with E-state index in [1.54, 1.807) is 25.3 Å². The molecule has 0 unspecified atom stereocenters. The SMILES string of the molecule is COc1ccccc1N1CCN(C(=O)CNc2ccc(S(=O)(=O)/N=C3\NC(=O)/C(=C/c4ccc(-c5ccccc5)cc4)S3)cc2)CC1. The number of nitrogens with zero attached hydrogens (tertiary/aromatic N) is 3. The molecule has 2 aliphatic heterocycles. The van der Waals surface area contributed by atoms with Crippen molar-refractivity contribution in [3.8, 4) is 16.9 Å². The molecule has 4 aromatic carbocycles. The largest absolute Gasteiger partial charge is 0.495 e. The smallest absolute Gasteiger partial charge is 0.284 e. The second kappa shape index (κ2) is 14.1. The quantitative estimate of drug-likeness (QED) is 0.238. The van der Waals surface area contributed by atoms with Crippen molar-refractivity contribution >= 4 is 56.2 Å². The lowest BCUT2D eigenvalue weighted by Crippen LogP contribution is -2.50. The molecule has 0 bridgehead atoms. The topological polar surface area (TPSA) is 120 Å². The summed E-state index contributed by atoms with van der Waals surface area (Å²) in [6, 6.07) is 31.6. The fourth-order valence-corrected chi connectivity index (χ4v) is 7.29. The van der Waals surface area contributed by atoms with Crippen LogP contribution in [0.1, 0.15) is 5.56 Å². The van der Waals surface area contributed by atoms with Gasteiger partial charge in [-0.3, -0.25) is 14.9 Å². The van der Waals surface area contributed by atoms with E-state index in [2.05, 4.69) is 19.9 Å². The summed E-state index contributed by atoms with van der Waals surface area (Å²) < 4.78 is 35.4. The van der Waals surface area contributed by atoms with Crippen molar-refractivity contribution < 1.29 is 22.7 Å². The number of amides is 2. The first-order valence-corrected chi connectivity index (χ1v) is 17.3. The molecule has 240 valence electrons. The van der Waals surface area contributed by atoms with Crippen molar-refractivity contribution in [2.24, 2.45) is 4.40 Å². The van der Waals surface area contributed by atoms with Crippen LogP contribution in [-0.4, -0.2) is 70.1 Å². The van der Waals surface area contributed by atoms with Crippen molar-refractivity contribution in [2.75, 3.05) is 50.1 Å². The highest BCUT2D eigenvalue weighted by atomic mass is 32.2. The molecule has 6 rings (SSSR count). The lowest BCUT2D eigenvalue weighted by Gasteiger charge is -2.36. The second-order valence-corrected chi connectivity index (χ2v) is 13.5. The second-order valence-electron chi connectivity index (χ2n) is 10.8. The fourth-order valence-electron chi connectivity index (χ4n) is 5.31. The summed E-state index contributed by atoms with van der Waals surface area (Å²) in [7, 11) is -2.44. The van der Waals surface area contributed by atoms with Crippen LogP contribution in [0.5, 0.6) is 5.75 Å². The Morgan fingerprint density at radius 2 is 1.55 bits per heavy atom. The molecule has 47 heavy (non-hydrogen) atoms. The first-order chi connectivity index (χ1) is 22.8. The molecule has 0 aromatic heterocycles. The molecule has 2 aliphatic rings. The highest BCUT2D eigenvalue weighted by Gasteiger charge is 2.27. The molecule has 0 aliphatic carbocycles. The number of benzene rings is 4. The Bertz CT molecular complexity index is 1920. The van der Waals surface area contributed by atoms with Gasteiger partial charge in [-0.05, 0) is 70.9 Å². The number of piperazine rings is 1. The average Bonchev–Trinajstić information content (AvgIpc) is 3.44. The summed E-state index contributed by atoms with van der Waals surface area (Å²) in [5.74, 6) is 0.347. The van der Waals surface area contributed by atoms with Crippen LogP contribution in [0.15, 0.2) is 117 Å². The number of carbonyl (C=O) groups excluding carboxylic acids is 2. The van der Waals surface area contributed by atoms with Crippen LogP contribution in [-0.2, 0) is 19.6 Å². The minimum Gasteiger partial charge on any atom is -0.495 e. The van der Waals surface area contributed by atoms with Crippen LogP contribution < -0.4 is 20.3 Å². The lowest BCUT2D eigenvalue weighted by atomic mass is 10.0. The van der Waals surface area contributed by atoms with E-state index in [1.807, 2.05) is 83.8 Å². The first-order valence-electron chi connectivity index (χ1n) is 15.0. The number of carbonyl (C=O) groups is 2. The third-order valence-corrected chi connectivity index (χ3v) is 10.1. The van der Waals surface area contributed by atoms with Gasteiger partial charge in [-0.1, -0.05) is 66.7 Å². The molecule has 0 spiro atoms. The van der Waals surface area contributed by atoms with E-state index in [9.17, 15) is 18.0 Å². The summed E-state index contributed by atoms with van der Waals surface area (Å²) in [5, 5.41) is 5.61. The Morgan fingerprint density at radius 3 is 2.26 bits per heavy atom. The van der Waals surface area contributed by atoms with Crippen molar-refractivity contribution in [2.45, 2.75) is 4.90 Å². The maximum Gasteiger partial charge on any atom is 0.284 e. The normalized spacial score (nSPS) is 16.7. The van der Waals surface area contributed by atoms with Crippen molar-refractivity contribution in [3.63, 3.8) is 0 Å². The molecule has 0 radical (unpaired) electrons. The summed E-state index contributed by atoms with van der Waals surface area (Å²) in [6.45, 7) is 2.64. The molecule has 2 heterocycles. The summed E-state index contributed by atoms with van der Waals surface area (Å²) >= 11 is 0.972. The highest BCUT2D eigenvalue weighted by molar-refractivity contribution is 8.19. The average molecular weight is 668 g/mol. The minimum absolute atomic E-state index is 0.0132. The van der Waals surface area contributed by atoms with E-state index in [0.29, 0.717) is 36.8 Å². The highest BCUT2D eigenvalue weighted by Crippen LogP contribution is 2.30. The van der Waals surface area contributed by atoms with Crippen LogP contribution in [0.2, 0.25) is 0 Å². The number of para-hydroxylation sites is 2. The van der Waals surface area contributed by atoms with Gasteiger partial charge < -0.3 is 19.9 Å². The molecule has 12 heteroatoms. The third kappa shape index (κ3) is 7.67. The Labute approximate surface area is 278 Å². The van der Waals surface area contributed by atoms with E-state index < -0.39 is 15.9 Å². The molecule has 0 atom stereocenters. The fraction of sp³-hybridized carbons (Fsp3) is 0.171. The predicted octanol–water partition coefficient (Wildman–Crippen LogP) is 5.07. The summed E-state index contributed by atoms with van der Waals surface area (Å²) in [6.07, 6.45) is 1.70. The third-order valence-electron chi connectivity index (χ3n) is 7.82. The Morgan fingerprint density at radius 1 is 0.894 bits per heavy atom. The van der Waals surface area contributed by atoms with Crippen LogP contribution in [0.25, 0.3) is 17.2 Å². The number of rotatable bonds is 9. The summed E-state index contributed by atoms with van der Waals surface area (Å²) in [4.78, 5) is 29.8. The van der Waals surface area contributed by atoms with E-state index in [-0.39, 0.29) is 22.5 Å². The maximum atomic E-state index is 13.0. The number of ether oxygens (including phenoxy) is 1. The van der Waals surface area contributed by atoms with Gasteiger partial charge in [0, 0.05) is 31.9 Å². The molecule has 2 amide bonds. The van der Waals surface area contributed by atoms with Crippen molar-refractivity contribution in [1.29, 1.82) is 0 Å². The van der Waals surface area contributed by atoms with Gasteiger partial charge in [0.05, 0.1) is 29.1 Å². The number of anilines is 2. The van der Waals surface area contributed by atoms with Gasteiger partial charge in [0.15, 0.2) is 5.17 Å². The Hall–Kier alpha value is -5.07. The molecule has 2 N–H and O–H groups in total. The monoisotopic (exact) mass is 667 g/mol. The minimum atomic E-state index is -4.09. The van der Waals surface area contributed by atoms with Gasteiger partial charge in [-0.2, -0.15) is 8.42 Å². The Kier molecular flexibility index (Phi) is 9.60. The number of thioether (sulfide) groups is 1. The van der Waals surface area contributed by atoms with E-state index in [1.165, 1.54) is 12.1 Å². The van der Waals surface area contributed by atoms with Crippen LogP contribution >= 0.6 is 11.8 Å². The number of sulfonamides is 1. The van der Waals surface area contributed by atoms with E-state index in [0.717, 1.165) is 39.9 Å². The first kappa shape index (κ1) is 31.9. The van der Waals surface area contributed by atoms with Crippen LogP contribution in [0.3, 0.4) is 0 Å². The van der Waals surface area contributed by atoms with Gasteiger partial charge in [-0.25, -0.2) is 0 Å². The number of nitrogens with one attached hydrogen (secondary N) is 2. The van der Waals surface area contributed by atoms with E-state index in [4.69, 9.17) is 4.74 Å². The molecule has 2 saturated heterocycles. The lowest BCUT2D eigenvalue weighted by molar-refractivity contribution is -0.129. The number of hydrogen-bond donors (Lipinski definition) is 2. The molecular weight excluding hydrogens is 635 g/mol. The van der Waals surface area contributed by atoms with E-state index >= 15 is 0 Å². The van der Waals surface area contributed by atoms with Crippen LogP contribution in [0.4, 0.5) is 11.4 Å². The van der Waals surface area contributed by atoms with Gasteiger partial charge in [0.2, 0.25) is 5.91 Å². The van der Waals surface area contributed by atoms with Crippen molar-refractivity contribution in [1.82, 2.24) is 10.2 Å². The number of amidine groups is 1. The van der Waals surface area contributed by atoms with Crippen molar-refractivity contribution in [3.05, 3.63) is 114 Å². The summed E-state index contributed by atoms with van der Waals surface area (Å²) in [5.41, 5.74) is 4.56. The van der Waals surface area contributed by atoms with Gasteiger partial charge in [0.1, 0.15) is 5.75 Å². The molecule has 4 aromatic rings. The number of hydrogen-bond acceptors (Lipinski definition) is 8. The van der Waals surface area contributed by atoms with Crippen LogP contribution in [0, 0.1) is 0 Å². The molecule has 10 nitrogen and oxygen atoms in total. The molecule has 2 fully saturated rings.